The summed E-state index contributed by atoms with van der Waals surface area (Å²) in [5, 5.41) is 12.6. The summed E-state index contributed by atoms with van der Waals surface area (Å²) in [6, 6.07) is -0.285. The molecule has 92 valence electrons. The van der Waals surface area contributed by atoms with E-state index in [0.717, 1.165) is 25.1 Å². The van der Waals surface area contributed by atoms with Crippen molar-refractivity contribution in [1.82, 2.24) is 4.90 Å². The van der Waals surface area contributed by atoms with E-state index < -0.39 is 0 Å². The van der Waals surface area contributed by atoms with Crippen LogP contribution in [0.4, 0.5) is 0 Å². The molecule has 0 aliphatic carbocycles. The summed E-state index contributed by atoms with van der Waals surface area (Å²) in [4.78, 5) is 17.9. The number of rotatable bonds is 6. The Kier molecular flexibility index (Phi) is 5.21. The van der Waals surface area contributed by atoms with Gasteiger partial charge in [-0.3, -0.25) is 9.69 Å². The second-order valence-electron chi connectivity index (χ2n) is 3.86. The van der Waals surface area contributed by atoms with Gasteiger partial charge in [0.2, 0.25) is 5.91 Å². The molecule has 6 heteroatoms. The fourth-order valence-corrected chi connectivity index (χ4v) is 1.90. The number of carbonyl (C=O) groups is 1. The molecule has 1 amide bonds. The Morgan fingerprint density at radius 2 is 2.44 bits per heavy atom. The van der Waals surface area contributed by atoms with E-state index in [1.807, 2.05) is 4.90 Å². The molecule has 0 spiro atoms. The molecule has 1 rings (SSSR count). The molecule has 0 saturated carbocycles. The van der Waals surface area contributed by atoms with Crippen LogP contribution >= 0.6 is 0 Å². The van der Waals surface area contributed by atoms with Gasteiger partial charge in [0, 0.05) is 19.6 Å². The van der Waals surface area contributed by atoms with Crippen molar-refractivity contribution in [1.29, 1.82) is 0 Å². The van der Waals surface area contributed by atoms with Gasteiger partial charge in [-0.15, -0.1) is 0 Å². The Hall–Kier alpha value is -1.14. The van der Waals surface area contributed by atoms with Gasteiger partial charge in [0.05, 0.1) is 11.8 Å². The maximum Gasteiger partial charge on any atom is 0.235 e. The third kappa shape index (κ3) is 3.46. The highest BCUT2D eigenvalue weighted by Gasteiger charge is 2.32. The van der Waals surface area contributed by atoms with Gasteiger partial charge in [0.25, 0.3) is 0 Å². The Balaban J connectivity index is 2.52. The Morgan fingerprint density at radius 1 is 1.69 bits per heavy atom. The molecule has 1 saturated heterocycles. The zero-order chi connectivity index (χ0) is 12.0. The Morgan fingerprint density at radius 3 is 3.00 bits per heavy atom. The van der Waals surface area contributed by atoms with Crippen molar-refractivity contribution < 1.29 is 14.7 Å². The third-order valence-electron chi connectivity index (χ3n) is 2.66. The number of amides is 1. The summed E-state index contributed by atoms with van der Waals surface area (Å²) >= 11 is 0. The SMILES string of the molecule is CON=C1CC(C(N)=O)N(CCCCO)C1. The van der Waals surface area contributed by atoms with Crippen LogP contribution in [0.25, 0.3) is 0 Å². The van der Waals surface area contributed by atoms with E-state index in [1.54, 1.807) is 0 Å². The molecule has 1 heterocycles. The van der Waals surface area contributed by atoms with Gasteiger partial charge in [0.1, 0.15) is 7.11 Å². The second-order valence-corrected chi connectivity index (χ2v) is 3.86. The minimum Gasteiger partial charge on any atom is -0.399 e. The van der Waals surface area contributed by atoms with E-state index in [0.29, 0.717) is 13.0 Å². The summed E-state index contributed by atoms with van der Waals surface area (Å²) < 4.78 is 0. The van der Waals surface area contributed by atoms with E-state index in [1.165, 1.54) is 7.11 Å². The van der Waals surface area contributed by atoms with Crippen molar-refractivity contribution in [2.75, 3.05) is 26.8 Å². The normalized spacial score (nSPS) is 23.9. The minimum atomic E-state index is -0.328. The van der Waals surface area contributed by atoms with Crippen LogP contribution < -0.4 is 5.73 Å². The first-order chi connectivity index (χ1) is 7.69. The predicted molar refractivity (Wildman–Crippen MR) is 59.9 cm³/mol. The number of carbonyl (C=O) groups excluding carboxylic acids is 1. The fourth-order valence-electron chi connectivity index (χ4n) is 1.90. The molecule has 0 bridgehead atoms. The van der Waals surface area contributed by atoms with Gasteiger partial charge in [0.15, 0.2) is 0 Å². The molecule has 1 unspecified atom stereocenters. The van der Waals surface area contributed by atoms with Gasteiger partial charge in [-0.1, -0.05) is 5.16 Å². The summed E-state index contributed by atoms with van der Waals surface area (Å²) in [5.41, 5.74) is 6.17. The van der Waals surface area contributed by atoms with Crippen LogP contribution in [0.3, 0.4) is 0 Å². The monoisotopic (exact) mass is 229 g/mol. The van der Waals surface area contributed by atoms with E-state index in [-0.39, 0.29) is 18.6 Å². The summed E-state index contributed by atoms with van der Waals surface area (Å²) in [5.74, 6) is -0.328. The van der Waals surface area contributed by atoms with Crippen molar-refractivity contribution in [3.63, 3.8) is 0 Å². The molecule has 3 N–H and O–H groups in total. The quantitative estimate of drug-likeness (QED) is 0.466. The lowest BCUT2D eigenvalue weighted by Crippen LogP contribution is -2.40. The molecule has 0 aromatic rings. The van der Waals surface area contributed by atoms with Crippen molar-refractivity contribution in [3.05, 3.63) is 0 Å². The summed E-state index contributed by atoms with van der Waals surface area (Å²) in [6.45, 7) is 1.54. The number of nitrogens with two attached hydrogens (primary N) is 1. The van der Waals surface area contributed by atoms with Crippen LogP contribution in [0.2, 0.25) is 0 Å². The van der Waals surface area contributed by atoms with E-state index in [2.05, 4.69) is 5.16 Å². The first kappa shape index (κ1) is 12.9. The van der Waals surface area contributed by atoms with Crippen LogP contribution in [-0.2, 0) is 9.63 Å². The van der Waals surface area contributed by atoms with Gasteiger partial charge in [-0.05, 0) is 19.4 Å². The number of hydrogen-bond acceptors (Lipinski definition) is 5. The second kappa shape index (κ2) is 6.44. The van der Waals surface area contributed by atoms with E-state index in [4.69, 9.17) is 15.7 Å². The van der Waals surface area contributed by atoms with E-state index >= 15 is 0 Å². The average molecular weight is 229 g/mol. The van der Waals surface area contributed by atoms with Gasteiger partial charge >= 0.3 is 0 Å². The molecule has 1 atom stereocenters. The number of aliphatic hydroxyl groups is 1. The number of aliphatic hydroxyl groups excluding tert-OH is 1. The number of oxime groups is 1. The maximum absolute atomic E-state index is 11.2. The first-order valence-electron chi connectivity index (χ1n) is 5.42. The van der Waals surface area contributed by atoms with Crippen LogP contribution in [0, 0.1) is 0 Å². The van der Waals surface area contributed by atoms with Crippen molar-refractivity contribution in [3.8, 4) is 0 Å². The lowest BCUT2D eigenvalue weighted by Gasteiger charge is -2.20. The highest BCUT2D eigenvalue weighted by atomic mass is 16.6. The predicted octanol–water partition coefficient (Wildman–Crippen LogP) is -0.679. The molecule has 1 fully saturated rings. The Bertz CT molecular complexity index is 268. The molecule has 6 nitrogen and oxygen atoms in total. The van der Waals surface area contributed by atoms with Crippen molar-refractivity contribution >= 4 is 11.6 Å². The topological polar surface area (TPSA) is 88.2 Å². The number of primary amides is 1. The van der Waals surface area contributed by atoms with Crippen molar-refractivity contribution in [2.24, 2.45) is 10.9 Å². The third-order valence-corrected chi connectivity index (χ3v) is 2.66. The number of hydrogen-bond donors (Lipinski definition) is 2. The fraction of sp³-hybridized carbons (Fsp3) is 0.800. The average Bonchev–Trinajstić information content (AvgIpc) is 2.62. The molecule has 1 aliphatic heterocycles. The van der Waals surface area contributed by atoms with E-state index in [9.17, 15) is 4.79 Å². The van der Waals surface area contributed by atoms with Crippen LogP contribution in [0.5, 0.6) is 0 Å². The smallest absolute Gasteiger partial charge is 0.235 e. The highest BCUT2D eigenvalue weighted by molar-refractivity contribution is 5.95. The standard InChI is InChI=1S/C10H19N3O3/c1-16-12-8-6-9(10(11)15)13(7-8)4-2-3-5-14/h9,14H,2-7H2,1H3,(H2,11,15). The van der Waals surface area contributed by atoms with Gasteiger partial charge < -0.3 is 15.7 Å². The molecular formula is C10H19N3O3. The zero-order valence-corrected chi connectivity index (χ0v) is 9.56. The number of likely N-dealkylation sites (tertiary alicyclic amines) is 1. The lowest BCUT2D eigenvalue weighted by atomic mass is 10.2. The largest absolute Gasteiger partial charge is 0.399 e. The van der Waals surface area contributed by atoms with Crippen LogP contribution in [0.1, 0.15) is 19.3 Å². The maximum atomic E-state index is 11.2. The highest BCUT2D eigenvalue weighted by Crippen LogP contribution is 2.16. The molecule has 0 radical (unpaired) electrons. The molecule has 0 aromatic carbocycles. The minimum absolute atomic E-state index is 0.175. The first-order valence-corrected chi connectivity index (χ1v) is 5.42. The lowest BCUT2D eigenvalue weighted by molar-refractivity contribution is -0.122. The van der Waals surface area contributed by atoms with Crippen LogP contribution in [0.15, 0.2) is 5.16 Å². The molecule has 16 heavy (non-hydrogen) atoms. The Labute approximate surface area is 95.0 Å². The molecular weight excluding hydrogens is 210 g/mol. The number of nitrogens with zero attached hydrogens (tertiary/aromatic N) is 2. The van der Waals surface area contributed by atoms with Gasteiger partial charge in [-0.2, -0.15) is 0 Å². The summed E-state index contributed by atoms with van der Waals surface area (Å²) in [7, 11) is 1.49. The van der Waals surface area contributed by atoms with Gasteiger partial charge in [-0.25, -0.2) is 0 Å². The number of unbranched alkanes of at least 4 members (excludes halogenated alkanes) is 1. The van der Waals surface area contributed by atoms with Crippen molar-refractivity contribution in [2.45, 2.75) is 25.3 Å². The molecule has 1 aliphatic rings. The van der Waals surface area contributed by atoms with Crippen LogP contribution in [-0.4, -0.2) is 54.5 Å². The molecule has 0 aromatic heterocycles. The summed E-state index contributed by atoms with van der Waals surface area (Å²) in [6.07, 6.45) is 2.13. The zero-order valence-electron chi connectivity index (χ0n) is 9.56.